The van der Waals surface area contributed by atoms with E-state index in [1.807, 2.05) is 26.0 Å². The summed E-state index contributed by atoms with van der Waals surface area (Å²) in [5.74, 6) is 0.653. The fourth-order valence-corrected chi connectivity index (χ4v) is 2.32. The second kappa shape index (κ2) is 10.2. The predicted octanol–water partition coefficient (Wildman–Crippen LogP) is 5.34. The normalized spacial score (nSPS) is 10.5. The number of isocyanates is 1. The van der Waals surface area contributed by atoms with Gasteiger partial charge in [-0.2, -0.15) is 4.99 Å². The number of nitrogens with zero attached hydrogens (tertiary/aromatic N) is 1. The first-order chi connectivity index (χ1) is 10.2. The number of carbonyl (C=O) groups excluding carboxylic acids is 1. The van der Waals surface area contributed by atoms with Crippen LogP contribution in [0.2, 0.25) is 0 Å². The topological polar surface area (TPSA) is 38.7 Å². The standard InChI is InChI=1S/C18H27NO2/c1-4-5-6-7-8-9-10-16-11-12-18(21-15(2)3)17(13-16)19-14-20/h11-13,15H,4-10H2,1-3H3. The van der Waals surface area contributed by atoms with Crippen LogP contribution in [0.25, 0.3) is 0 Å². The van der Waals surface area contributed by atoms with Crippen molar-refractivity contribution in [2.24, 2.45) is 4.99 Å². The Labute approximate surface area is 128 Å². The molecule has 116 valence electrons. The Hall–Kier alpha value is -1.60. The molecule has 1 rings (SSSR count). The highest BCUT2D eigenvalue weighted by Crippen LogP contribution is 2.29. The molecule has 0 unspecified atom stereocenters. The monoisotopic (exact) mass is 289 g/mol. The molecule has 21 heavy (non-hydrogen) atoms. The third kappa shape index (κ3) is 7.10. The van der Waals surface area contributed by atoms with Gasteiger partial charge in [-0.3, -0.25) is 0 Å². The molecule has 0 aliphatic rings. The Kier molecular flexibility index (Phi) is 8.45. The lowest BCUT2D eigenvalue weighted by atomic mass is 10.0. The van der Waals surface area contributed by atoms with Crippen molar-refractivity contribution in [2.75, 3.05) is 0 Å². The van der Waals surface area contributed by atoms with Gasteiger partial charge >= 0.3 is 0 Å². The Morgan fingerprint density at radius 1 is 1.14 bits per heavy atom. The first-order valence-corrected chi connectivity index (χ1v) is 8.04. The summed E-state index contributed by atoms with van der Waals surface area (Å²) in [6.45, 7) is 6.15. The minimum Gasteiger partial charge on any atom is -0.489 e. The maximum absolute atomic E-state index is 10.5. The highest BCUT2D eigenvalue weighted by atomic mass is 16.5. The average Bonchev–Trinajstić information content (AvgIpc) is 2.45. The Morgan fingerprint density at radius 2 is 1.86 bits per heavy atom. The lowest BCUT2D eigenvalue weighted by Crippen LogP contribution is -2.05. The summed E-state index contributed by atoms with van der Waals surface area (Å²) in [6, 6.07) is 5.91. The lowest BCUT2D eigenvalue weighted by Gasteiger charge is -2.12. The fourth-order valence-electron chi connectivity index (χ4n) is 2.32. The van der Waals surface area contributed by atoms with Crippen molar-refractivity contribution in [3.8, 4) is 5.75 Å². The molecule has 1 aromatic rings. The second-order valence-corrected chi connectivity index (χ2v) is 5.69. The summed E-state index contributed by atoms with van der Waals surface area (Å²) in [5.41, 5.74) is 1.79. The van der Waals surface area contributed by atoms with Gasteiger partial charge in [-0.05, 0) is 44.4 Å². The molecular weight excluding hydrogens is 262 g/mol. The molecule has 3 heteroatoms. The lowest BCUT2D eigenvalue weighted by molar-refractivity contribution is 0.243. The molecule has 1 aromatic carbocycles. The van der Waals surface area contributed by atoms with Gasteiger partial charge < -0.3 is 4.74 Å². The number of unbranched alkanes of at least 4 members (excludes halogenated alkanes) is 5. The zero-order chi connectivity index (χ0) is 15.5. The van der Waals surface area contributed by atoms with Crippen LogP contribution in [0.3, 0.4) is 0 Å². The maximum atomic E-state index is 10.5. The summed E-state index contributed by atoms with van der Waals surface area (Å²) in [7, 11) is 0. The molecule has 0 saturated heterocycles. The third-order valence-corrected chi connectivity index (χ3v) is 3.37. The molecule has 0 aromatic heterocycles. The summed E-state index contributed by atoms with van der Waals surface area (Å²) in [6.07, 6.45) is 10.4. The molecule has 3 nitrogen and oxygen atoms in total. The van der Waals surface area contributed by atoms with Crippen LogP contribution < -0.4 is 4.74 Å². The Bertz CT molecular complexity index is 462. The van der Waals surface area contributed by atoms with Gasteiger partial charge in [-0.15, -0.1) is 0 Å². The van der Waals surface area contributed by atoms with Crippen molar-refractivity contribution >= 4 is 11.8 Å². The number of aliphatic imine (C=N–C) groups is 1. The van der Waals surface area contributed by atoms with Gasteiger partial charge in [0, 0.05) is 0 Å². The number of hydrogen-bond donors (Lipinski definition) is 0. The molecular formula is C18H27NO2. The first-order valence-electron chi connectivity index (χ1n) is 8.04. The molecule has 0 fully saturated rings. The van der Waals surface area contributed by atoms with Crippen molar-refractivity contribution in [3.63, 3.8) is 0 Å². The van der Waals surface area contributed by atoms with Crippen LogP contribution in [-0.2, 0) is 11.2 Å². The highest BCUT2D eigenvalue weighted by Gasteiger charge is 2.06. The third-order valence-electron chi connectivity index (χ3n) is 3.37. The quantitative estimate of drug-likeness (QED) is 0.331. The SMILES string of the molecule is CCCCCCCCc1ccc(OC(C)C)c(N=C=O)c1. The van der Waals surface area contributed by atoms with E-state index in [-0.39, 0.29) is 6.10 Å². The minimum absolute atomic E-state index is 0.0648. The van der Waals surface area contributed by atoms with E-state index in [2.05, 4.69) is 18.0 Å². The molecule has 0 aliphatic heterocycles. The fraction of sp³-hybridized carbons (Fsp3) is 0.611. The van der Waals surface area contributed by atoms with Gasteiger partial charge in [0.2, 0.25) is 6.08 Å². The van der Waals surface area contributed by atoms with Crippen LogP contribution >= 0.6 is 0 Å². The van der Waals surface area contributed by atoms with Crippen molar-refractivity contribution in [1.29, 1.82) is 0 Å². The predicted molar refractivity (Wildman–Crippen MR) is 87.1 cm³/mol. The van der Waals surface area contributed by atoms with Crippen LogP contribution in [-0.4, -0.2) is 12.2 Å². The number of aryl methyl sites for hydroxylation is 1. The molecule has 0 radical (unpaired) electrons. The van der Waals surface area contributed by atoms with Gasteiger partial charge in [0.15, 0.2) is 0 Å². The van der Waals surface area contributed by atoms with E-state index in [9.17, 15) is 4.79 Å². The van der Waals surface area contributed by atoms with Crippen molar-refractivity contribution < 1.29 is 9.53 Å². The number of hydrogen-bond acceptors (Lipinski definition) is 3. The smallest absolute Gasteiger partial charge is 0.240 e. The van der Waals surface area contributed by atoms with Crippen molar-refractivity contribution in [1.82, 2.24) is 0 Å². The van der Waals surface area contributed by atoms with Crippen LogP contribution in [0.4, 0.5) is 5.69 Å². The van der Waals surface area contributed by atoms with E-state index in [1.165, 1.54) is 44.1 Å². The largest absolute Gasteiger partial charge is 0.489 e. The van der Waals surface area contributed by atoms with E-state index in [0.29, 0.717) is 11.4 Å². The van der Waals surface area contributed by atoms with E-state index >= 15 is 0 Å². The summed E-state index contributed by atoms with van der Waals surface area (Å²) < 4.78 is 5.65. The van der Waals surface area contributed by atoms with E-state index < -0.39 is 0 Å². The summed E-state index contributed by atoms with van der Waals surface area (Å²) in [4.78, 5) is 14.3. The van der Waals surface area contributed by atoms with E-state index in [4.69, 9.17) is 4.74 Å². The van der Waals surface area contributed by atoms with Gasteiger partial charge in [0.05, 0.1) is 6.10 Å². The maximum Gasteiger partial charge on any atom is 0.240 e. The first kappa shape index (κ1) is 17.5. The minimum atomic E-state index is 0.0648. The zero-order valence-electron chi connectivity index (χ0n) is 13.5. The van der Waals surface area contributed by atoms with Crippen LogP contribution in [0, 0.1) is 0 Å². The molecule has 0 heterocycles. The number of rotatable bonds is 10. The zero-order valence-corrected chi connectivity index (χ0v) is 13.5. The van der Waals surface area contributed by atoms with Crippen molar-refractivity contribution in [2.45, 2.75) is 71.8 Å². The molecule has 0 amide bonds. The molecule has 0 N–H and O–H groups in total. The van der Waals surface area contributed by atoms with Crippen LogP contribution in [0.5, 0.6) is 5.75 Å². The highest BCUT2D eigenvalue weighted by molar-refractivity contribution is 5.59. The van der Waals surface area contributed by atoms with E-state index in [0.717, 1.165) is 6.42 Å². The molecule has 0 spiro atoms. The van der Waals surface area contributed by atoms with E-state index in [1.54, 1.807) is 6.08 Å². The molecule has 0 bridgehead atoms. The average molecular weight is 289 g/mol. The molecule has 0 aliphatic carbocycles. The Balaban J connectivity index is 2.55. The van der Waals surface area contributed by atoms with Gasteiger partial charge in [0.1, 0.15) is 11.4 Å². The summed E-state index contributed by atoms with van der Waals surface area (Å²) in [5, 5.41) is 0. The van der Waals surface area contributed by atoms with Crippen LogP contribution in [0.1, 0.15) is 64.9 Å². The molecule has 0 atom stereocenters. The number of benzene rings is 1. The number of ether oxygens (including phenoxy) is 1. The Morgan fingerprint density at radius 3 is 2.52 bits per heavy atom. The summed E-state index contributed by atoms with van der Waals surface area (Å²) >= 11 is 0. The second-order valence-electron chi connectivity index (χ2n) is 5.69. The molecule has 0 saturated carbocycles. The van der Waals surface area contributed by atoms with Gasteiger partial charge in [-0.25, -0.2) is 4.79 Å². The van der Waals surface area contributed by atoms with Crippen molar-refractivity contribution in [3.05, 3.63) is 23.8 Å². The van der Waals surface area contributed by atoms with Crippen LogP contribution in [0.15, 0.2) is 23.2 Å². The van der Waals surface area contributed by atoms with Gasteiger partial charge in [0.25, 0.3) is 0 Å². The van der Waals surface area contributed by atoms with Gasteiger partial charge in [-0.1, -0.05) is 45.1 Å².